The van der Waals surface area contributed by atoms with Crippen LogP contribution in [0.2, 0.25) is 0 Å². The third-order valence-corrected chi connectivity index (χ3v) is 7.34. The molecule has 2 heterocycles. The topological polar surface area (TPSA) is 81.5 Å². The number of carbonyl (C=O) groups excluding carboxylic acids is 2. The Morgan fingerprint density at radius 3 is 2.32 bits per heavy atom. The van der Waals surface area contributed by atoms with Gasteiger partial charge in [0, 0.05) is 30.8 Å². The molecule has 1 aromatic heterocycles. The molecule has 0 aliphatic carbocycles. The largest absolute Gasteiger partial charge is 0.378 e. The van der Waals surface area contributed by atoms with Crippen LogP contribution in [0.1, 0.15) is 26.3 Å². The number of rotatable bonds is 8. The van der Waals surface area contributed by atoms with Crippen molar-refractivity contribution >= 4 is 34.4 Å². The summed E-state index contributed by atoms with van der Waals surface area (Å²) in [6.07, 6.45) is 0.654. The molecule has 1 aliphatic rings. The van der Waals surface area contributed by atoms with Crippen LogP contribution in [0.5, 0.6) is 0 Å². The number of hydrogen-bond acceptors (Lipinski definition) is 6. The van der Waals surface area contributed by atoms with E-state index in [0.717, 1.165) is 5.56 Å². The fourth-order valence-electron chi connectivity index (χ4n) is 4.31. The van der Waals surface area contributed by atoms with Crippen LogP contribution in [0.15, 0.2) is 88.8 Å². The molecule has 0 spiro atoms. The Bertz CT molecular complexity index is 1470. The van der Waals surface area contributed by atoms with E-state index in [1.165, 1.54) is 11.8 Å². The second kappa shape index (κ2) is 11.5. The van der Waals surface area contributed by atoms with Crippen molar-refractivity contribution in [1.29, 1.82) is 0 Å². The molecule has 3 aromatic carbocycles. The van der Waals surface area contributed by atoms with Crippen LogP contribution < -0.4 is 5.56 Å². The molecular weight excluding hydrogens is 486 g/mol. The van der Waals surface area contributed by atoms with Crippen molar-refractivity contribution in [3.63, 3.8) is 0 Å². The number of Topliss-reactive ketones (excluding diaryl/α,β-unsaturated/α-hetero) is 1. The van der Waals surface area contributed by atoms with Crippen LogP contribution in [-0.2, 0) is 17.7 Å². The lowest BCUT2D eigenvalue weighted by Crippen LogP contribution is -2.40. The average Bonchev–Trinajstić information content (AvgIpc) is 2.96. The van der Waals surface area contributed by atoms with Gasteiger partial charge in [0.2, 0.25) is 0 Å². The smallest absolute Gasteiger partial charge is 0.262 e. The number of nitrogens with zero attached hydrogens (tertiary/aromatic N) is 3. The molecule has 1 fully saturated rings. The van der Waals surface area contributed by atoms with Crippen LogP contribution in [0, 0.1) is 0 Å². The van der Waals surface area contributed by atoms with E-state index in [2.05, 4.69) is 0 Å². The first-order valence-electron chi connectivity index (χ1n) is 12.3. The Morgan fingerprint density at radius 1 is 0.892 bits per heavy atom. The number of amides is 1. The minimum Gasteiger partial charge on any atom is -0.378 e. The number of fused-ring (bicyclic) bond motifs is 1. The summed E-state index contributed by atoms with van der Waals surface area (Å²) in [5.74, 6) is 0.0131. The van der Waals surface area contributed by atoms with Gasteiger partial charge in [0.15, 0.2) is 10.9 Å². The Morgan fingerprint density at radius 2 is 1.59 bits per heavy atom. The van der Waals surface area contributed by atoms with Crippen molar-refractivity contribution in [2.75, 3.05) is 32.1 Å². The highest BCUT2D eigenvalue weighted by molar-refractivity contribution is 7.99. The van der Waals surface area contributed by atoms with Crippen molar-refractivity contribution in [2.24, 2.45) is 0 Å². The number of aromatic nitrogens is 2. The zero-order valence-corrected chi connectivity index (χ0v) is 21.2. The van der Waals surface area contributed by atoms with Crippen LogP contribution in [0.4, 0.5) is 0 Å². The zero-order chi connectivity index (χ0) is 25.6. The van der Waals surface area contributed by atoms with Gasteiger partial charge in [-0.3, -0.25) is 19.0 Å². The van der Waals surface area contributed by atoms with Crippen molar-refractivity contribution in [1.82, 2.24) is 14.5 Å². The molecule has 4 aromatic rings. The van der Waals surface area contributed by atoms with Crippen molar-refractivity contribution in [2.45, 2.75) is 18.1 Å². The predicted molar refractivity (Wildman–Crippen MR) is 144 cm³/mol. The quantitative estimate of drug-likeness (QED) is 0.201. The SMILES string of the molecule is O=C(CSc1nc2cc(C(=O)N3CCOCC3)ccc2c(=O)n1CCc1ccccc1)c1ccccc1. The zero-order valence-electron chi connectivity index (χ0n) is 20.3. The highest BCUT2D eigenvalue weighted by Gasteiger charge is 2.20. The van der Waals surface area contributed by atoms with E-state index in [9.17, 15) is 14.4 Å². The fraction of sp³-hybridized carbons (Fsp3) is 0.241. The molecule has 1 saturated heterocycles. The highest BCUT2D eigenvalue weighted by atomic mass is 32.2. The van der Waals surface area contributed by atoms with Gasteiger partial charge in [-0.05, 0) is 30.2 Å². The monoisotopic (exact) mass is 513 g/mol. The van der Waals surface area contributed by atoms with Gasteiger partial charge in [-0.25, -0.2) is 4.98 Å². The minimum absolute atomic E-state index is 0.0363. The number of benzene rings is 3. The fourth-order valence-corrected chi connectivity index (χ4v) is 5.23. The van der Waals surface area contributed by atoms with Crippen molar-refractivity contribution in [3.05, 3.63) is 106 Å². The average molecular weight is 514 g/mol. The molecule has 7 nitrogen and oxygen atoms in total. The molecule has 37 heavy (non-hydrogen) atoms. The highest BCUT2D eigenvalue weighted by Crippen LogP contribution is 2.21. The van der Waals surface area contributed by atoms with Crippen molar-refractivity contribution < 1.29 is 14.3 Å². The number of hydrogen-bond donors (Lipinski definition) is 0. The lowest BCUT2D eigenvalue weighted by Gasteiger charge is -2.26. The van der Waals surface area contributed by atoms with Crippen LogP contribution >= 0.6 is 11.8 Å². The van der Waals surface area contributed by atoms with E-state index in [1.54, 1.807) is 39.8 Å². The van der Waals surface area contributed by atoms with E-state index in [-0.39, 0.29) is 23.0 Å². The van der Waals surface area contributed by atoms with Gasteiger partial charge >= 0.3 is 0 Å². The summed E-state index contributed by atoms with van der Waals surface area (Å²) in [4.78, 5) is 45.9. The molecule has 0 bridgehead atoms. The molecule has 188 valence electrons. The lowest BCUT2D eigenvalue weighted by molar-refractivity contribution is 0.0303. The van der Waals surface area contributed by atoms with E-state index < -0.39 is 0 Å². The summed E-state index contributed by atoms with van der Waals surface area (Å²) < 4.78 is 6.99. The standard InChI is InChI=1S/C29H27N3O4S/c33-26(22-9-5-2-6-10-22)20-37-29-30-25-19-23(27(34)31-15-17-36-18-16-31)11-12-24(25)28(35)32(29)14-13-21-7-3-1-4-8-21/h1-12,19H,13-18,20H2. The Labute approximate surface area is 219 Å². The maximum Gasteiger partial charge on any atom is 0.262 e. The Balaban J connectivity index is 1.47. The number of carbonyl (C=O) groups is 2. The normalized spacial score (nSPS) is 13.6. The third kappa shape index (κ3) is 5.81. The molecule has 0 N–H and O–H groups in total. The van der Waals surface area contributed by atoms with Crippen molar-refractivity contribution in [3.8, 4) is 0 Å². The second-order valence-corrected chi connectivity index (χ2v) is 9.74. The van der Waals surface area contributed by atoms with E-state index in [4.69, 9.17) is 9.72 Å². The molecular formula is C29H27N3O4S. The molecule has 1 aliphatic heterocycles. The lowest BCUT2D eigenvalue weighted by atomic mass is 10.1. The number of morpholine rings is 1. The molecule has 0 radical (unpaired) electrons. The third-order valence-electron chi connectivity index (χ3n) is 6.36. The van der Waals surface area contributed by atoms with Crippen LogP contribution in [0.3, 0.4) is 0 Å². The van der Waals surface area contributed by atoms with Crippen LogP contribution in [-0.4, -0.2) is 58.2 Å². The summed E-state index contributed by atoms with van der Waals surface area (Å²) in [6.45, 7) is 2.53. The Kier molecular flexibility index (Phi) is 7.77. The summed E-state index contributed by atoms with van der Waals surface area (Å²) in [6, 6.07) is 24.1. The molecule has 1 amide bonds. The van der Waals surface area contributed by atoms with Gasteiger partial charge in [0.1, 0.15) is 0 Å². The maximum atomic E-state index is 13.6. The van der Waals surface area contributed by atoms with E-state index in [1.807, 2.05) is 48.5 Å². The van der Waals surface area contributed by atoms with E-state index in [0.29, 0.717) is 66.5 Å². The van der Waals surface area contributed by atoms with Gasteiger partial charge < -0.3 is 9.64 Å². The molecule has 0 atom stereocenters. The molecule has 5 rings (SSSR count). The van der Waals surface area contributed by atoms with Crippen LogP contribution in [0.25, 0.3) is 10.9 Å². The van der Waals surface area contributed by atoms with Gasteiger partial charge in [0.05, 0.1) is 29.9 Å². The van der Waals surface area contributed by atoms with E-state index >= 15 is 0 Å². The minimum atomic E-state index is -0.180. The first-order valence-corrected chi connectivity index (χ1v) is 13.3. The molecule has 0 unspecified atom stereocenters. The molecule has 0 saturated carbocycles. The number of aryl methyl sites for hydroxylation is 1. The summed E-state index contributed by atoms with van der Waals surface area (Å²) in [5.41, 5.74) is 2.49. The van der Waals surface area contributed by atoms with Gasteiger partial charge in [0.25, 0.3) is 11.5 Å². The Hall–Kier alpha value is -3.75. The first-order chi connectivity index (χ1) is 18.1. The second-order valence-electron chi connectivity index (χ2n) is 8.80. The summed E-state index contributed by atoms with van der Waals surface area (Å²) >= 11 is 1.25. The number of ketones is 1. The summed E-state index contributed by atoms with van der Waals surface area (Å²) in [7, 11) is 0. The number of ether oxygens (including phenoxy) is 1. The predicted octanol–water partition coefficient (Wildman–Crippen LogP) is 4.09. The van der Waals surface area contributed by atoms with Gasteiger partial charge in [-0.15, -0.1) is 0 Å². The number of thioether (sulfide) groups is 1. The maximum absolute atomic E-state index is 13.6. The van der Waals surface area contributed by atoms with Gasteiger partial charge in [-0.1, -0.05) is 72.4 Å². The summed E-state index contributed by atoms with van der Waals surface area (Å²) in [5, 5.41) is 0.916. The molecule has 8 heteroatoms. The van der Waals surface area contributed by atoms with Gasteiger partial charge in [-0.2, -0.15) is 0 Å². The first kappa shape index (κ1) is 24.9.